The standard InChI is InChI=1S/C74H78BN3S/c1-67(2)27-29-69(5,6)53-35-47(23-25-51(53)67)77-60-41-57-56(72(10)32-33-73(57,11)44-72)40-59(60)75-64-50-39-55-58(74(12)34-31-71(55,9)43-74)42-63(50)79-66(64)78(48-24-26-52-54(36-48)70(7,8)30-28-68(52,3)4)62-38-49(37-61(77)65(62)75)76(45-19-15-13-16-20-45)46-21-17-14-18-22-46/h13-26,35-42H,27-34,43-44H2,1-12H3. The van der Waals surface area contributed by atoms with E-state index in [0.717, 1.165) is 11.4 Å². The average Bonchev–Trinajstić information content (AvgIpc) is 2.19. The molecular weight excluding hydrogens is 974 g/mol. The molecular formula is C74H78BN3S. The summed E-state index contributed by atoms with van der Waals surface area (Å²) in [6.07, 6.45) is 12.3. The number of fused-ring (bicyclic) bond motifs is 18. The zero-order chi connectivity index (χ0) is 54.3. The summed E-state index contributed by atoms with van der Waals surface area (Å²) in [5.41, 5.74) is 27.9. The minimum Gasteiger partial charge on any atom is -0.311 e. The Morgan fingerprint density at radius 3 is 1.34 bits per heavy atom. The normalized spacial score (nSPS) is 27.0. The lowest BCUT2D eigenvalue weighted by molar-refractivity contribution is 0.332. The molecule has 8 aromatic rings. The molecule has 2 saturated carbocycles. The Kier molecular flexibility index (Phi) is 9.57. The van der Waals surface area contributed by atoms with E-state index in [9.17, 15) is 0 Å². The molecule has 5 heteroatoms. The molecule has 4 atom stereocenters. The summed E-state index contributed by atoms with van der Waals surface area (Å²) in [7, 11) is 0. The average molecular weight is 1050 g/mol. The first kappa shape index (κ1) is 48.8. The van der Waals surface area contributed by atoms with Crippen LogP contribution in [0.3, 0.4) is 0 Å². The van der Waals surface area contributed by atoms with Crippen molar-refractivity contribution in [2.75, 3.05) is 14.7 Å². The fourth-order valence-electron chi connectivity index (χ4n) is 18.4. The van der Waals surface area contributed by atoms with Crippen LogP contribution in [-0.4, -0.2) is 6.71 Å². The summed E-state index contributed by atoms with van der Waals surface area (Å²) in [5.74, 6) is 0. The van der Waals surface area contributed by atoms with E-state index in [1.165, 1.54) is 152 Å². The highest BCUT2D eigenvalue weighted by Gasteiger charge is 2.57. The van der Waals surface area contributed by atoms with Gasteiger partial charge >= 0.3 is 0 Å². The number of anilines is 9. The SMILES string of the molecule is CC1(C)CCC(C)(C)c2cc(N3c4cc5c(cc4B4c6c3cc(N(c3ccccc3)c3ccccc3)cc6N(c3ccc6c(c3)C(C)(C)CCC6(C)C)c3sc6cc7c(cc6c34)C3(C)CCC7(C)C3)C3(C)CCC5(C)C3)ccc21. The van der Waals surface area contributed by atoms with Crippen LogP contribution in [0.15, 0.2) is 133 Å². The molecule has 2 fully saturated rings. The number of thiophene rings is 1. The summed E-state index contributed by atoms with van der Waals surface area (Å²) in [5, 5.41) is 2.86. The Bertz CT molecular complexity index is 3930. The number of rotatable bonds is 5. The quantitative estimate of drug-likeness (QED) is 0.159. The van der Waals surface area contributed by atoms with Crippen LogP contribution in [-0.2, 0) is 43.3 Å². The molecule has 0 N–H and O–H groups in total. The van der Waals surface area contributed by atoms with E-state index in [1.54, 1.807) is 22.3 Å². The number of hydrogen-bond donors (Lipinski definition) is 0. The van der Waals surface area contributed by atoms with Gasteiger partial charge < -0.3 is 14.7 Å². The lowest BCUT2D eigenvalue weighted by atomic mass is 9.33. The van der Waals surface area contributed by atoms with Crippen LogP contribution in [0.1, 0.15) is 192 Å². The van der Waals surface area contributed by atoms with Crippen molar-refractivity contribution in [3.63, 3.8) is 0 Å². The van der Waals surface area contributed by atoms with Crippen LogP contribution < -0.4 is 31.1 Å². The lowest BCUT2D eigenvalue weighted by Crippen LogP contribution is -2.61. The topological polar surface area (TPSA) is 9.72 Å². The van der Waals surface area contributed by atoms with Gasteiger partial charge in [0.2, 0.25) is 0 Å². The second kappa shape index (κ2) is 15.5. The molecule has 4 unspecified atom stereocenters. The van der Waals surface area contributed by atoms with Gasteiger partial charge in [0.05, 0.1) is 10.7 Å². The van der Waals surface area contributed by atoms with E-state index in [2.05, 4.69) is 243 Å². The van der Waals surface area contributed by atoms with Crippen molar-refractivity contribution in [2.24, 2.45) is 0 Å². The van der Waals surface area contributed by atoms with Crippen LogP contribution in [0.25, 0.3) is 10.1 Å². The third-order valence-electron chi connectivity index (χ3n) is 23.0. The minimum atomic E-state index is 0.0223. The van der Waals surface area contributed by atoms with Gasteiger partial charge in [0.15, 0.2) is 0 Å². The van der Waals surface area contributed by atoms with Gasteiger partial charge in [-0.3, -0.25) is 0 Å². The van der Waals surface area contributed by atoms with Crippen LogP contribution in [0.2, 0.25) is 0 Å². The number of para-hydroxylation sites is 2. The predicted molar refractivity (Wildman–Crippen MR) is 338 cm³/mol. The molecule has 3 nitrogen and oxygen atoms in total. The number of hydrogen-bond acceptors (Lipinski definition) is 4. The van der Waals surface area contributed by atoms with Crippen molar-refractivity contribution in [2.45, 2.75) is 191 Å². The summed E-state index contributed by atoms with van der Waals surface area (Å²) >= 11 is 2.07. The first-order valence-corrected chi connectivity index (χ1v) is 31.1. The van der Waals surface area contributed by atoms with Gasteiger partial charge in [-0.1, -0.05) is 138 Å². The molecule has 1 aromatic heterocycles. The Morgan fingerprint density at radius 1 is 0.380 bits per heavy atom. The van der Waals surface area contributed by atoms with Gasteiger partial charge in [0.25, 0.3) is 6.71 Å². The monoisotopic (exact) mass is 1050 g/mol. The van der Waals surface area contributed by atoms with Crippen molar-refractivity contribution >= 4 is 95.0 Å². The van der Waals surface area contributed by atoms with Gasteiger partial charge in [-0.25, -0.2) is 0 Å². The second-order valence-electron chi connectivity index (χ2n) is 30.3. The van der Waals surface area contributed by atoms with E-state index in [0.29, 0.717) is 0 Å². The summed E-state index contributed by atoms with van der Waals surface area (Å²) in [6, 6.07) is 53.9. The van der Waals surface area contributed by atoms with E-state index in [4.69, 9.17) is 0 Å². The van der Waals surface area contributed by atoms with Gasteiger partial charge in [-0.2, -0.15) is 0 Å². The van der Waals surface area contributed by atoms with Crippen molar-refractivity contribution < 1.29 is 0 Å². The minimum absolute atomic E-state index is 0.0223. The predicted octanol–water partition coefficient (Wildman–Crippen LogP) is 18.6. The van der Waals surface area contributed by atoms with Crippen molar-refractivity contribution in [3.05, 3.63) is 178 Å². The second-order valence-corrected chi connectivity index (χ2v) is 31.3. The molecule has 8 aliphatic rings. The van der Waals surface area contributed by atoms with Gasteiger partial charge in [-0.15, -0.1) is 11.3 Å². The number of benzene rings is 7. The summed E-state index contributed by atoms with van der Waals surface area (Å²) in [4.78, 5) is 8.10. The smallest absolute Gasteiger partial charge is 0.254 e. The maximum absolute atomic E-state index is 2.79. The largest absolute Gasteiger partial charge is 0.311 e. The zero-order valence-corrected chi connectivity index (χ0v) is 49.9. The molecule has 0 saturated heterocycles. The molecule has 79 heavy (non-hydrogen) atoms. The van der Waals surface area contributed by atoms with Crippen molar-refractivity contribution in [1.29, 1.82) is 0 Å². The lowest BCUT2D eigenvalue weighted by Gasteiger charge is -2.46. The molecule has 4 bridgehead atoms. The van der Waals surface area contributed by atoms with Crippen molar-refractivity contribution in [1.82, 2.24) is 0 Å². The molecule has 2 aliphatic heterocycles. The highest BCUT2D eigenvalue weighted by Crippen LogP contribution is 2.64. The van der Waals surface area contributed by atoms with Gasteiger partial charge in [0, 0.05) is 44.5 Å². The molecule has 7 aromatic carbocycles. The Morgan fingerprint density at radius 2 is 0.823 bits per heavy atom. The zero-order valence-electron chi connectivity index (χ0n) is 49.1. The molecule has 398 valence electrons. The molecule has 6 aliphatic carbocycles. The van der Waals surface area contributed by atoms with E-state index in [1.807, 2.05) is 0 Å². The summed E-state index contributed by atoms with van der Waals surface area (Å²) < 4.78 is 1.44. The van der Waals surface area contributed by atoms with Crippen molar-refractivity contribution in [3.8, 4) is 0 Å². The van der Waals surface area contributed by atoms with Crippen LogP contribution in [0.5, 0.6) is 0 Å². The molecule has 3 heterocycles. The van der Waals surface area contributed by atoms with Crippen LogP contribution in [0.4, 0.5) is 50.5 Å². The molecule has 0 spiro atoms. The first-order valence-electron chi connectivity index (χ1n) is 30.3. The molecule has 0 radical (unpaired) electrons. The van der Waals surface area contributed by atoms with Gasteiger partial charge in [-0.05, 0) is 253 Å². The third-order valence-corrected chi connectivity index (χ3v) is 24.2. The Hall–Kier alpha value is -6.04. The third kappa shape index (κ3) is 6.55. The number of nitrogens with zero attached hydrogens (tertiary/aromatic N) is 3. The highest BCUT2D eigenvalue weighted by molar-refractivity contribution is 7.26. The fraction of sp³-hybridized carbons (Fsp3) is 0.405. The van der Waals surface area contributed by atoms with E-state index >= 15 is 0 Å². The van der Waals surface area contributed by atoms with Gasteiger partial charge in [0.1, 0.15) is 0 Å². The molecule has 0 amide bonds. The van der Waals surface area contributed by atoms with E-state index < -0.39 is 0 Å². The highest BCUT2D eigenvalue weighted by atomic mass is 32.1. The summed E-state index contributed by atoms with van der Waals surface area (Å²) in [6.45, 7) is 30.3. The maximum atomic E-state index is 2.79. The maximum Gasteiger partial charge on any atom is 0.254 e. The fourth-order valence-corrected chi connectivity index (χ4v) is 19.7. The Labute approximate surface area is 475 Å². The van der Waals surface area contributed by atoms with Crippen LogP contribution in [0, 0.1) is 0 Å². The molecule has 16 rings (SSSR count). The van der Waals surface area contributed by atoms with E-state index in [-0.39, 0.29) is 50.0 Å². The Balaban J connectivity index is 1.07. The first-order chi connectivity index (χ1) is 37.5. The van der Waals surface area contributed by atoms with Crippen LogP contribution >= 0.6 is 11.3 Å².